The van der Waals surface area contributed by atoms with Gasteiger partial charge in [-0.3, -0.25) is 0 Å². The van der Waals surface area contributed by atoms with Crippen molar-refractivity contribution < 1.29 is 13.3 Å². The fraction of sp³-hybridized carbons (Fsp3) is 0.136. The van der Waals surface area contributed by atoms with Crippen LogP contribution in [0.3, 0.4) is 0 Å². The fourth-order valence-corrected chi connectivity index (χ4v) is 5.09. The molecule has 0 spiro atoms. The topological polar surface area (TPSA) is 55.7 Å². The van der Waals surface area contributed by atoms with E-state index in [1.54, 1.807) is 30.3 Å². The summed E-state index contributed by atoms with van der Waals surface area (Å²) < 4.78 is 27.0. The molecule has 1 heterocycles. The Morgan fingerprint density at radius 2 is 1.41 bits per heavy atom. The summed E-state index contributed by atoms with van der Waals surface area (Å²) in [6, 6.07) is 25.5. The zero-order valence-corrected chi connectivity index (χ0v) is 15.6. The molecule has 4 rings (SSSR count). The van der Waals surface area contributed by atoms with Crippen LogP contribution in [0.25, 0.3) is 0 Å². The second-order valence-corrected chi connectivity index (χ2v) is 8.63. The number of hydrogen-bond donors (Lipinski definition) is 0. The van der Waals surface area contributed by atoms with Gasteiger partial charge in [-0.05, 0) is 24.6 Å². The zero-order chi connectivity index (χ0) is 18.9. The fourth-order valence-electron chi connectivity index (χ4n) is 3.25. The Balaban J connectivity index is 1.84. The van der Waals surface area contributed by atoms with E-state index in [1.165, 1.54) is 0 Å². The van der Waals surface area contributed by atoms with Crippen molar-refractivity contribution in [1.82, 2.24) is 0 Å². The van der Waals surface area contributed by atoms with Crippen LogP contribution in [0.4, 0.5) is 0 Å². The molecule has 0 aromatic heterocycles. The summed E-state index contributed by atoms with van der Waals surface area (Å²) in [6.45, 7) is 1.99. The van der Waals surface area contributed by atoms with Crippen LogP contribution in [-0.2, 0) is 14.7 Å². The third kappa shape index (κ3) is 3.26. The lowest BCUT2D eigenvalue weighted by Crippen LogP contribution is -2.33. The standard InChI is InChI=1S/C22H19NO3S/c1-16-12-14-17(15-13-16)20-22(27(24,25)19-10-6-3-7-11-19)21(26-23-20)18-8-4-2-5-9-18/h2-15,21-22H,1H3. The molecule has 0 radical (unpaired) electrons. The van der Waals surface area contributed by atoms with Crippen molar-refractivity contribution in [1.29, 1.82) is 0 Å². The van der Waals surface area contributed by atoms with E-state index >= 15 is 0 Å². The predicted molar refractivity (Wildman–Crippen MR) is 105 cm³/mol. The Kier molecular flexibility index (Phi) is 4.54. The van der Waals surface area contributed by atoms with E-state index < -0.39 is 21.2 Å². The minimum absolute atomic E-state index is 0.265. The van der Waals surface area contributed by atoms with Crippen molar-refractivity contribution in [2.24, 2.45) is 5.16 Å². The van der Waals surface area contributed by atoms with Crippen molar-refractivity contribution >= 4 is 15.5 Å². The third-order valence-electron chi connectivity index (χ3n) is 4.69. The first kappa shape index (κ1) is 17.5. The minimum Gasteiger partial charge on any atom is -0.385 e. The second kappa shape index (κ2) is 7.00. The molecule has 1 aliphatic heterocycles. The summed E-state index contributed by atoms with van der Waals surface area (Å²) in [5.41, 5.74) is 3.07. The molecule has 0 N–H and O–H groups in total. The maximum atomic E-state index is 13.5. The van der Waals surface area contributed by atoms with E-state index in [1.807, 2.05) is 61.5 Å². The molecule has 0 fully saturated rings. The normalized spacial score (nSPS) is 19.4. The van der Waals surface area contributed by atoms with Gasteiger partial charge in [0, 0.05) is 5.56 Å². The SMILES string of the molecule is Cc1ccc(C2=NOC(c3ccccc3)C2S(=O)(=O)c2ccccc2)cc1. The molecule has 27 heavy (non-hydrogen) atoms. The van der Waals surface area contributed by atoms with Gasteiger partial charge in [0.15, 0.2) is 21.2 Å². The van der Waals surface area contributed by atoms with Gasteiger partial charge in [0.1, 0.15) is 5.71 Å². The van der Waals surface area contributed by atoms with Crippen LogP contribution in [0.5, 0.6) is 0 Å². The summed E-state index contributed by atoms with van der Waals surface area (Å²) in [5.74, 6) is 0. The number of rotatable bonds is 4. The van der Waals surface area contributed by atoms with Crippen LogP contribution in [0, 0.1) is 6.92 Å². The first-order valence-electron chi connectivity index (χ1n) is 8.72. The highest BCUT2D eigenvalue weighted by atomic mass is 32.2. The molecule has 0 aliphatic carbocycles. The number of benzene rings is 3. The average molecular weight is 377 g/mol. The van der Waals surface area contributed by atoms with Gasteiger partial charge in [-0.2, -0.15) is 0 Å². The molecule has 0 amide bonds. The number of nitrogens with zero attached hydrogens (tertiary/aromatic N) is 1. The van der Waals surface area contributed by atoms with E-state index in [9.17, 15) is 8.42 Å². The van der Waals surface area contributed by atoms with E-state index in [0.29, 0.717) is 5.71 Å². The second-order valence-electron chi connectivity index (χ2n) is 6.56. The molecule has 4 nitrogen and oxygen atoms in total. The van der Waals surface area contributed by atoms with Crippen molar-refractivity contribution in [3.63, 3.8) is 0 Å². The zero-order valence-electron chi connectivity index (χ0n) is 14.8. The molecule has 1 aliphatic rings. The summed E-state index contributed by atoms with van der Waals surface area (Å²) in [6.07, 6.45) is -0.687. The van der Waals surface area contributed by atoms with Crippen LogP contribution in [0.15, 0.2) is 95.0 Å². The molecule has 0 saturated heterocycles. The Bertz CT molecular complexity index is 1060. The van der Waals surface area contributed by atoms with E-state index in [2.05, 4.69) is 5.16 Å². The highest BCUT2D eigenvalue weighted by Gasteiger charge is 2.46. The Labute approximate surface area is 159 Å². The molecule has 136 valence electrons. The van der Waals surface area contributed by atoms with Gasteiger partial charge in [-0.15, -0.1) is 0 Å². The van der Waals surface area contributed by atoms with Crippen LogP contribution < -0.4 is 0 Å². The molecule has 3 aromatic rings. The van der Waals surface area contributed by atoms with E-state index in [-0.39, 0.29) is 4.90 Å². The molecular weight excluding hydrogens is 358 g/mol. The number of oxime groups is 1. The smallest absolute Gasteiger partial charge is 0.191 e. The maximum absolute atomic E-state index is 13.5. The quantitative estimate of drug-likeness (QED) is 0.681. The highest BCUT2D eigenvalue weighted by molar-refractivity contribution is 7.93. The summed E-state index contributed by atoms with van der Waals surface area (Å²) in [7, 11) is -3.70. The predicted octanol–water partition coefficient (Wildman–Crippen LogP) is 4.31. The molecule has 2 unspecified atom stereocenters. The summed E-state index contributed by atoms with van der Waals surface area (Å²) >= 11 is 0. The van der Waals surface area contributed by atoms with Gasteiger partial charge < -0.3 is 4.84 Å². The Morgan fingerprint density at radius 3 is 2.04 bits per heavy atom. The lowest BCUT2D eigenvalue weighted by Gasteiger charge is -2.20. The van der Waals surface area contributed by atoms with E-state index in [4.69, 9.17) is 4.84 Å². The third-order valence-corrected chi connectivity index (χ3v) is 6.76. The largest absolute Gasteiger partial charge is 0.385 e. The van der Waals surface area contributed by atoms with Gasteiger partial charge in [0.05, 0.1) is 4.90 Å². The Hall–Kier alpha value is -2.92. The lowest BCUT2D eigenvalue weighted by molar-refractivity contribution is 0.0871. The lowest BCUT2D eigenvalue weighted by atomic mass is 9.99. The molecule has 3 aromatic carbocycles. The van der Waals surface area contributed by atoms with Crippen LogP contribution in [0.1, 0.15) is 22.8 Å². The minimum atomic E-state index is -3.70. The highest BCUT2D eigenvalue weighted by Crippen LogP contribution is 2.37. The van der Waals surface area contributed by atoms with Crippen LogP contribution in [-0.4, -0.2) is 19.4 Å². The summed E-state index contributed by atoms with van der Waals surface area (Å²) in [5, 5.41) is 3.29. The molecular formula is C22H19NO3S. The van der Waals surface area contributed by atoms with Crippen molar-refractivity contribution in [2.45, 2.75) is 23.2 Å². The van der Waals surface area contributed by atoms with E-state index in [0.717, 1.165) is 16.7 Å². The molecule has 2 atom stereocenters. The molecule has 0 saturated carbocycles. The maximum Gasteiger partial charge on any atom is 0.191 e. The Morgan fingerprint density at radius 1 is 0.815 bits per heavy atom. The van der Waals surface area contributed by atoms with Gasteiger partial charge in [0.2, 0.25) is 0 Å². The van der Waals surface area contributed by atoms with Crippen molar-refractivity contribution in [2.75, 3.05) is 0 Å². The number of aryl methyl sites for hydroxylation is 1. The van der Waals surface area contributed by atoms with Gasteiger partial charge in [0.25, 0.3) is 0 Å². The van der Waals surface area contributed by atoms with Gasteiger partial charge in [-0.1, -0.05) is 83.5 Å². The van der Waals surface area contributed by atoms with Gasteiger partial charge in [-0.25, -0.2) is 8.42 Å². The monoisotopic (exact) mass is 377 g/mol. The van der Waals surface area contributed by atoms with Crippen LogP contribution in [0.2, 0.25) is 0 Å². The number of sulfone groups is 1. The summed E-state index contributed by atoms with van der Waals surface area (Å²) in [4.78, 5) is 5.93. The van der Waals surface area contributed by atoms with Crippen molar-refractivity contribution in [3.8, 4) is 0 Å². The molecule has 5 heteroatoms. The van der Waals surface area contributed by atoms with Crippen LogP contribution >= 0.6 is 0 Å². The first-order chi connectivity index (χ1) is 13.1. The average Bonchev–Trinajstić information content (AvgIpc) is 3.16. The number of hydrogen-bond acceptors (Lipinski definition) is 4. The first-order valence-corrected chi connectivity index (χ1v) is 10.3. The molecule has 0 bridgehead atoms. The van der Waals surface area contributed by atoms with Crippen molar-refractivity contribution in [3.05, 3.63) is 102 Å². The van der Waals surface area contributed by atoms with Gasteiger partial charge >= 0.3 is 0 Å².